The maximum atomic E-state index is 12.6. The number of hydrogen-bond acceptors (Lipinski definition) is 4. The fourth-order valence-electron chi connectivity index (χ4n) is 2.73. The van der Waals surface area contributed by atoms with E-state index >= 15 is 0 Å². The summed E-state index contributed by atoms with van der Waals surface area (Å²) in [4.78, 5) is 14.6. The van der Waals surface area contributed by atoms with Crippen LogP contribution in [0, 0.1) is 0 Å². The maximum Gasteiger partial charge on any atom is 0.227 e. The number of hydrogen-bond donors (Lipinski definition) is 1. The summed E-state index contributed by atoms with van der Waals surface area (Å²) in [6, 6.07) is 4.02. The van der Waals surface area contributed by atoms with Crippen molar-refractivity contribution in [2.24, 2.45) is 0 Å². The summed E-state index contributed by atoms with van der Waals surface area (Å²) < 4.78 is 12.1. The smallest absolute Gasteiger partial charge is 0.227 e. The Morgan fingerprint density at radius 1 is 1.29 bits per heavy atom. The van der Waals surface area contributed by atoms with E-state index in [0.717, 1.165) is 29.7 Å². The number of piperazine rings is 1. The Morgan fingerprint density at radius 3 is 2.50 bits per heavy atom. The van der Waals surface area contributed by atoms with Crippen molar-refractivity contribution in [2.45, 2.75) is 33.2 Å². The summed E-state index contributed by atoms with van der Waals surface area (Å²) in [5.74, 6) is 1.54. The summed E-state index contributed by atoms with van der Waals surface area (Å²) >= 11 is 3.55. The molecule has 1 heterocycles. The highest BCUT2D eigenvalue weighted by atomic mass is 79.9. The summed E-state index contributed by atoms with van der Waals surface area (Å²) in [5, 5.41) is 3.30. The molecule has 1 amide bonds. The SMILES string of the molecule is CCOc1cc(Br)c(CC(=O)N2CCNCC2C)cc1OCC.Cl. The molecule has 1 atom stereocenters. The quantitative estimate of drug-likeness (QED) is 0.767. The van der Waals surface area contributed by atoms with Gasteiger partial charge in [0.15, 0.2) is 11.5 Å². The molecule has 7 heteroatoms. The second-order valence-corrected chi connectivity index (χ2v) is 6.43. The van der Waals surface area contributed by atoms with Crippen LogP contribution in [0.3, 0.4) is 0 Å². The number of ether oxygens (including phenoxy) is 2. The van der Waals surface area contributed by atoms with Crippen molar-refractivity contribution in [1.82, 2.24) is 10.2 Å². The van der Waals surface area contributed by atoms with Gasteiger partial charge in [-0.1, -0.05) is 15.9 Å². The van der Waals surface area contributed by atoms with E-state index in [1.165, 1.54) is 0 Å². The topological polar surface area (TPSA) is 50.8 Å². The van der Waals surface area contributed by atoms with Crippen LogP contribution in [-0.2, 0) is 11.2 Å². The molecule has 1 aromatic carbocycles. The zero-order valence-electron chi connectivity index (χ0n) is 14.4. The summed E-state index contributed by atoms with van der Waals surface area (Å²) in [5.41, 5.74) is 0.924. The molecule has 0 radical (unpaired) electrons. The largest absolute Gasteiger partial charge is 0.490 e. The molecule has 1 unspecified atom stereocenters. The number of nitrogens with one attached hydrogen (secondary N) is 1. The van der Waals surface area contributed by atoms with Crippen LogP contribution in [0.5, 0.6) is 11.5 Å². The Kier molecular flexibility index (Phi) is 8.87. The molecule has 1 N–H and O–H groups in total. The lowest BCUT2D eigenvalue weighted by Crippen LogP contribution is -2.52. The predicted octanol–water partition coefficient (Wildman–Crippen LogP) is 3.03. The number of halogens is 2. The minimum atomic E-state index is 0. The van der Waals surface area contributed by atoms with E-state index in [1.54, 1.807) is 0 Å². The molecule has 136 valence electrons. The van der Waals surface area contributed by atoms with E-state index in [-0.39, 0.29) is 24.4 Å². The second kappa shape index (κ2) is 10.1. The molecule has 1 aliphatic rings. The minimum absolute atomic E-state index is 0. The molecular weight excluding hydrogens is 396 g/mol. The van der Waals surface area contributed by atoms with Crippen LogP contribution in [0.4, 0.5) is 0 Å². The molecule has 1 aromatic rings. The van der Waals surface area contributed by atoms with E-state index in [9.17, 15) is 4.79 Å². The molecule has 1 fully saturated rings. The lowest BCUT2D eigenvalue weighted by Gasteiger charge is -2.34. The van der Waals surface area contributed by atoms with Crippen molar-refractivity contribution in [3.8, 4) is 11.5 Å². The third kappa shape index (κ3) is 5.26. The van der Waals surface area contributed by atoms with Gasteiger partial charge in [-0.3, -0.25) is 4.79 Å². The van der Waals surface area contributed by atoms with Gasteiger partial charge in [0, 0.05) is 30.1 Å². The fourth-order valence-corrected chi connectivity index (χ4v) is 3.19. The van der Waals surface area contributed by atoms with Gasteiger partial charge in [-0.25, -0.2) is 0 Å². The first kappa shape index (κ1) is 21.1. The van der Waals surface area contributed by atoms with Gasteiger partial charge >= 0.3 is 0 Å². The summed E-state index contributed by atoms with van der Waals surface area (Å²) in [6.07, 6.45) is 0.359. The van der Waals surface area contributed by atoms with Crippen LogP contribution in [0.1, 0.15) is 26.3 Å². The third-order valence-corrected chi connectivity index (χ3v) is 4.61. The number of carbonyl (C=O) groups is 1. The van der Waals surface area contributed by atoms with Gasteiger partial charge in [-0.2, -0.15) is 0 Å². The molecule has 0 bridgehead atoms. The maximum absolute atomic E-state index is 12.6. The van der Waals surface area contributed by atoms with Crippen LogP contribution in [0.25, 0.3) is 0 Å². The Labute approximate surface area is 158 Å². The van der Waals surface area contributed by atoms with Crippen LogP contribution in [-0.4, -0.2) is 49.7 Å². The molecular formula is C17H26BrClN2O3. The van der Waals surface area contributed by atoms with Gasteiger partial charge in [0.1, 0.15) is 0 Å². The van der Waals surface area contributed by atoms with Crippen molar-refractivity contribution >= 4 is 34.2 Å². The molecule has 0 saturated carbocycles. The first-order valence-electron chi connectivity index (χ1n) is 8.15. The molecule has 2 rings (SSSR count). The Hall–Kier alpha value is -0.980. The van der Waals surface area contributed by atoms with E-state index in [1.807, 2.05) is 30.9 Å². The zero-order chi connectivity index (χ0) is 16.8. The third-order valence-electron chi connectivity index (χ3n) is 3.88. The monoisotopic (exact) mass is 420 g/mol. The normalized spacial score (nSPS) is 17.2. The van der Waals surface area contributed by atoms with Crippen LogP contribution in [0.2, 0.25) is 0 Å². The van der Waals surface area contributed by atoms with Crippen LogP contribution < -0.4 is 14.8 Å². The van der Waals surface area contributed by atoms with Gasteiger partial charge in [-0.05, 0) is 38.5 Å². The lowest BCUT2D eigenvalue weighted by atomic mass is 10.1. The lowest BCUT2D eigenvalue weighted by molar-refractivity contribution is -0.133. The van der Waals surface area contributed by atoms with Gasteiger partial charge in [0.05, 0.1) is 19.6 Å². The molecule has 0 aromatic heterocycles. The Balaban J connectivity index is 0.00000288. The fraction of sp³-hybridized carbons (Fsp3) is 0.588. The van der Waals surface area contributed by atoms with Crippen LogP contribution in [0.15, 0.2) is 16.6 Å². The molecule has 1 aliphatic heterocycles. The highest BCUT2D eigenvalue weighted by Gasteiger charge is 2.24. The van der Waals surface area contributed by atoms with Crippen molar-refractivity contribution in [1.29, 1.82) is 0 Å². The number of rotatable bonds is 6. The standard InChI is InChI=1S/C17H25BrN2O3.ClH/c1-4-22-15-8-13(14(18)10-16(15)23-5-2)9-17(21)20-7-6-19-11-12(20)3;/h8,10,12,19H,4-7,9,11H2,1-3H3;1H. The second-order valence-electron chi connectivity index (χ2n) is 5.57. The first-order valence-corrected chi connectivity index (χ1v) is 8.94. The molecule has 1 saturated heterocycles. The summed E-state index contributed by atoms with van der Waals surface area (Å²) in [6.45, 7) is 9.53. The zero-order valence-corrected chi connectivity index (χ0v) is 16.8. The van der Waals surface area contributed by atoms with Gasteiger partial charge in [-0.15, -0.1) is 12.4 Å². The number of nitrogens with zero attached hydrogens (tertiary/aromatic N) is 1. The Bertz CT molecular complexity index is 557. The Morgan fingerprint density at radius 2 is 1.92 bits per heavy atom. The van der Waals surface area contributed by atoms with Gasteiger partial charge < -0.3 is 19.7 Å². The molecule has 0 spiro atoms. The average molecular weight is 422 g/mol. The van der Waals surface area contributed by atoms with Crippen molar-refractivity contribution < 1.29 is 14.3 Å². The molecule has 5 nitrogen and oxygen atoms in total. The first-order chi connectivity index (χ1) is 11.1. The van der Waals surface area contributed by atoms with Crippen molar-refractivity contribution in [2.75, 3.05) is 32.8 Å². The number of benzene rings is 1. The average Bonchev–Trinajstić information content (AvgIpc) is 2.52. The minimum Gasteiger partial charge on any atom is -0.490 e. The highest BCUT2D eigenvalue weighted by Crippen LogP contribution is 2.34. The van der Waals surface area contributed by atoms with Crippen LogP contribution >= 0.6 is 28.3 Å². The highest BCUT2D eigenvalue weighted by molar-refractivity contribution is 9.10. The summed E-state index contributed by atoms with van der Waals surface area (Å²) in [7, 11) is 0. The van der Waals surface area contributed by atoms with Crippen molar-refractivity contribution in [3.63, 3.8) is 0 Å². The predicted molar refractivity (Wildman–Crippen MR) is 101 cm³/mol. The van der Waals surface area contributed by atoms with E-state index in [4.69, 9.17) is 9.47 Å². The molecule has 0 aliphatic carbocycles. The van der Waals surface area contributed by atoms with Gasteiger partial charge in [0.25, 0.3) is 0 Å². The van der Waals surface area contributed by atoms with E-state index < -0.39 is 0 Å². The van der Waals surface area contributed by atoms with Crippen molar-refractivity contribution in [3.05, 3.63) is 22.2 Å². The van der Waals surface area contributed by atoms with E-state index in [2.05, 4.69) is 28.2 Å². The van der Waals surface area contributed by atoms with E-state index in [0.29, 0.717) is 31.1 Å². The van der Waals surface area contributed by atoms with Gasteiger partial charge in [0.2, 0.25) is 5.91 Å². The molecule has 24 heavy (non-hydrogen) atoms. The number of amides is 1. The number of carbonyl (C=O) groups excluding carboxylic acids is 1.